The van der Waals surface area contributed by atoms with Crippen LogP contribution in [0.3, 0.4) is 0 Å². The fourth-order valence-electron chi connectivity index (χ4n) is 1.60. The zero-order chi connectivity index (χ0) is 11.0. The summed E-state index contributed by atoms with van der Waals surface area (Å²) in [6.07, 6.45) is 0.485. The molecule has 4 heteroatoms. The monoisotopic (exact) mass is 205 g/mol. The third kappa shape index (κ3) is 1.34. The van der Waals surface area contributed by atoms with Crippen LogP contribution in [0.2, 0.25) is 0 Å². The molecule has 0 atom stereocenters. The van der Waals surface area contributed by atoms with E-state index in [0.29, 0.717) is 17.2 Å². The number of pyridine rings is 1. The van der Waals surface area contributed by atoms with Crippen LogP contribution in [0, 0.1) is 12.7 Å². The maximum absolute atomic E-state index is 13.3. The van der Waals surface area contributed by atoms with Crippen LogP contribution in [0.25, 0.3) is 10.9 Å². The summed E-state index contributed by atoms with van der Waals surface area (Å²) in [6, 6.07) is 4.46. The van der Waals surface area contributed by atoms with Crippen molar-refractivity contribution >= 4 is 17.2 Å². The van der Waals surface area contributed by atoms with Crippen molar-refractivity contribution in [2.24, 2.45) is 0 Å². The lowest BCUT2D eigenvalue weighted by molar-refractivity contribution is 0.112. The Morgan fingerprint density at radius 3 is 2.80 bits per heavy atom. The van der Waals surface area contributed by atoms with E-state index in [1.54, 1.807) is 13.0 Å². The summed E-state index contributed by atoms with van der Waals surface area (Å²) in [7, 11) is 0. The first-order chi connectivity index (χ1) is 7.15. The van der Waals surface area contributed by atoms with Gasteiger partial charge >= 0.3 is 0 Å². The minimum Gasteiger partial charge on any atom is -0.319 e. The van der Waals surface area contributed by atoms with E-state index >= 15 is 0 Å². The van der Waals surface area contributed by atoms with Crippen LogP contribution in [-0.2, 0) is 0 Å². The van der Waals surface area contributed by atoms with Gasteiger partial charge in [0, 0.05) is 5.39 Å². The number of para-hydroxylation sites is 1. The standard InChI is InChI=1S/C11H8FNO2/c1-6-7-3-2-4-9(12)10(7)13-11(15)8(6)5-14/h2-5H,1H3,(H,13,15). The lowest BCUT2D eigenvalue weighted by atomic mass is 10.1. The molecule has 0 radical (unpaired) electrons. The van der Waals surface area contributed by atoms with Crippen molar-refractivity contribution in [2.45, 2.75) is 6.92 Å². The molecule has 0 fully saturated rings. The maximum Gasteiger partial charge on any atom is 0.259 e. The third-order valence-electron chi connectivity index (χ3n) is 2.42. The van der Waals surface area contributed by atoms with E-state index in [2.05, 4.69) is 4.98 Å². The minimum atomic E-state index is -0.555. The molecule has 76 valence electrons. The van der Waals surface area contributed by atoms with Crippen LogP contribution in [-0.4, -0.2) is 11.3 Å². The number of aldehydes is 1. The van der Waals surface area contributed by atoms with Crippen molar-refractivity contribution in [1.82, 2.24) is 4.98 Å². The lowest BCUT2D eigenvalue weighted by Gasteiger charge is -2.04. The van der Waals surface area contributed by atoms with Crippen LogP contribution >= 0.6 is 0 Å². The molecule has 0 aliphatic rings. The number of carbonyl (C=O) groups is 1. The molecule has 1 heterocycles. The number of aromatic nitrogens is 1. The van der Waals surface area contributed by atoms with Gasteiger partial charge in [-0.15, -0.1) is 0 Å². The third-order valence-corrected chi connectivity index (χ3v) is 2.42. The fraction of sp³-hybridized carbons (Fsp3) is 0.0909. The van der Waals surface area contributed by atoms with Gasteiger partial charge < -0.3 is 4.98 Å². The Hall–Kier alpha value is -1.97. The van der Waals surface area contributed by atoms with E-state index in [9.17, 15) is 14.0 Å². The molecule has 0 bridgehead atoms. The second kappa shape index (κ2) is 3.31. The second-order valence-corrected chi connectivity index (χ2v) is 3.27. The average Bonchev–Trinajstić information content (AvgIpc) is 2.20. The normalized spacial score (nSPS) is 10.5. The SMILES string of the molecule is Cc1c(C=O)c(=O)[nH]c2c(F)cccc12. The topological polar surface area (TPSA) is 49.9 Å². The zero-order valence-electron chi connectivity index (χ0n) is 8.00. The van der Waals surface area contributed by atoms with Crippen molar-refractivity contribution in [3.8, 4) is 0 Å². The average molecular weight is 205 g/mol. The summed E-state index contributed by atoms with van der Waals surface area (Å²) >= 11 is 0. The number of rotatable bonds is 1. The first-order valence-corrected chi connectivity index (χ1v) is 4.41. The van der Waals surface area contributed by atoms with E-state index in [1.165, 1.54) is 12.1 Å². The minimum absolute atomic E-state index is 0.0492. The molecule has 2 rings (SSSR count). The fourth-order valence-corrected chi connectivity index (χ4v) is 1.60. The Morgan fingerprint density at radius 2 is 2.13 bits per heavy atom. The Bertz CT molecular complexity index is 601. The first-order valence-electron chi connectivity index (χ1n) is 4.41. The van der Waals surface area contributed by atoms with Gasteiger partial charge in [0.1, 0.15) is 5.82 Å². The largest absolute Gasteiger partial charge is 0.319 e. The van der Waals surface area contributed by atoms with E-state index in [-0.39, 0.29) is 11.1 Å². The molecule has 1 N–H and O–H groups in total. The van der Waals surface area contributed by atoms with E-state index in [4.69, 9.17) is 0 Å². The number of fused-ring (bicyclic) bond motifs is 1. The molecule has 0 aliphatic carbocycles. The molecular formula is C11H8FNO2. The maximum atomic E-state index is 13.3. The predicted molar refractivity (Wildman–Crippen MR) is 54.7 cm³/mol. The van der Waals surface area contributed by atoms with Crippen molar-refractivity contribution in [1.29, 1.82) is 0 Å². The number of carbonyl (C=O) groups excluding carboxylic acids is 1. The van der Waals surface area contributed by atoms with Crippen LogP contribution in [0.1, 0.15) is 15.9 Å². The summed E-state index contributed by atoms with van der Waals surface area (Å²) < 4.78 is 13.3. The molecule has 3 nitrogen and oxygen atoms in total. The van der Waals surface area contributed by atoms with Crippen molar-refractivity contribution < 1.29 is 9.18 Å². The Labute approximate surface area is 84.6 Å². The number of benzene rings is 1. The van der Waals surface area contributed by atoms with Gasteiger partial charge in [-0.1, -0.05) is 12.1 Å². The van der Waals surface area contributed by atoms with Crippen molar-refractivity contribution in [3.05, 3.63) is 45.5 Å². The van der Waals surface area contributed by atoms with Crippen LogP contribution in [0.4, 0.5) is 4.39 Å². The van der Waals surface area contributed by atoms with Crippen LogP contribution in [0.15, 0.2) is 23.0 Å². The van der Waals surface area contributed by atoms with Gasteiger partial charge in [0.15, 0.2) is 6.29 Å². The van der Waals surface area contributed by atoms with E-state index in [0.717, 1.165) is 0 Å². The quantitative estimate of drug-likeness (QED) is 0.721. The molecule has 0 saturated carbocycles. The molecule has 0 amide bonds. The van der Waals surface area contributed by atoms with Gasteiger partial charge in [-0.2, -0.15) is 0 Å². The van der Waals surface area contributed by atoms with Gasteiger partial charge in [-0.25, -0.2) is 4.39 Å². The summed E-state index contributed by atoms with van der Waals surface area (Å²) in [5, 5.41) is 0.553. The molecule has 0 spiro atoms. The Kier molecular flexibility index (Phi) is 2.11. The molecule has 15 heavy (non-hydrogen) atoms. The number of hydrogen-bond donors (Lipinski definition) is 1. The first kappa shape index (κ1) is 9.58. The molecule has 2 aromatic rings. The molecule has 1 aromatic heterocycles. The highest BCUT2D eigenvalue weighted by molar-refractivity contribution is 5.90. The summed E-state index contributed by atoms with van der Waals surface area (Å²) in [5.74, 6) is -0.495. The highest BCUT2D eigenvalue weighted by Gasteiger charge is 2.10. The Morgan fingerprint density at radius 1 is 1.40 bits per heavy atom. The molecule has 0 unspecified atom stereocenters. The Balaban J connectivity index is 3.04. The van der Waals surface area contributed by atoms with Gasteiger partial charge in [-0.3, -0.25) is 9.59 Å². The number of H-pyrrole nitrogens is 1. The number of hydrogen-bond acceptors (Lipinski definition) is 2. The highest BCUT2D eigenvalue weighted by Crippen LogP contribution is 2.18. The summed E-state index contributed by atoms with van der Waals surface area (Å²) in [6.45, 7) is 1.63. The number of aromatic amines is 1. The smallest absolute Gasteiger partial charge is 0.259 e. The summed E-state index contributed by atoms with van der Waals surface area (Å²) in [4.78, 5) is 24.4. The molecule has 0 aliphatic heterocycles. The summed E-state index contributed by atoms with van der Waals surface area (Å²) in [5.41, 5.74) is 0.141. The van der Waals surface area contributed by atoms with Crippen molar-refractivity contribution in [2.75, 3.05) is 0 Å². The van der Waals surface area contributed by atoms with E-state index < -0.39 is 11.4 Å². The molecule has 1 aromatic carbocycles. The number of halogens is 1. The predicted octanol–water partition coefficient (Wildman–Crippen LogP) is 1.79. The zero-order valence-corrected chi connectivity index (χ0v) is 8.00. The second-order valence-electron chi connectivity index (χ2n) is 3.27. The van der Waals surface area contributed by atoms with Gasteiger partial charge in [0.25, 0.3) is 5.56 Å². The lowest BCUT2D eigenvalue weighted by Crippen LogP contribution is -2.14. The van der Waals surface area contributed by atoms with Gasteiger partial charge in [0.05, 0.1) is 11.1 Å². The molecular weight excluding hydrogens is 197 g/mol. The van der Waals surface area contributed by atoms with E-state index in [1.807, 2.05) is 0 Å². The van der Waals surface area contributed by atoms with Crippen molar-refractivity contribution in [3.63, 3.8) is 0 Å². The molecule has 0 saturated heterocycles. The highest BCUT2D eigenvalue weighted by atomic mass is 19.1. The van der Waals surface area contributed by atoms with Crippen LogP contribution in [0.5, 0.6) is 0 Å². The number of nitrogens with one attached hydrogen (secondary N) is 1. The van der Waals surface area contributed by atoms with Gasteiger partial charge in [-0.05, 0) is 18.6 Å². The van der Waals surface area contributed by atoms with Crippen LogP contribution < -0.4 is 5.56 Å². The van der Waals surface area contributed by atoms with Gasteiger partial charge in [0.2, 0.25) is 0 Å². The number of aryl methyl sites for hydroxylation is 1.